The van der Waals surface area contributed by atoms with Gasteiger partial charge >= 0.3 is 0 Å². The fraction of sp³-hybridized carbons (Fsp3) is 0.174. The number of sulfonamides is 1. The third kappa shape index (κ3) is 6.50. The van der Waals surface area contributed by atoms with Crippen LogP contribution in [0, 0.1) is 25.4 Å². The molecule has 3 aromatic carbocycles. The second kappa shape index (κ2) is 11.4. The van der Waals surface area contributed by atoms with Crippen molar-refractivity contribution in [2.75, 3.05) is 17.2 Å². The van der Waals surface area contributed by atoms with Crippen LogP contribution in [0.2, 0.25) is 5.02 Å². The minimum atomic E-state index is -4.27. The van der Waals surface area contributed by atoms with Crippen molar-refractivity contribution in [3.8, 4) is 0 Å². The zero-order valence-electron chi connectivity index (χ0n) is 19.3. The second-order valence-electron chi connectivity index (χ2n) is 8.37. The maximum Gasteiger partial charge on any atom is 0.296 e. The molecular formula is C23H20ClFIN5O6S. The van der Waals surface area contributed by atoms with Gasteiger partial charge in [-0.2, -0.15) is 0 Å². The number of benzene rings is 3. The highest BCUT2D eigenvalue weighted by molar-refractivity contribution is 14.1. The van der Waals surface area contributed by atoms with Gasteiger partial charge in [-0.25, -0.2) is 23.4 Å². The molecule has 1 aliphatic rings. The number of anilines is 4. The van der Waals surface area contributed by atoms with Crippen LogP contribution >= 0.6 is 34.2 Å². The number of primary sulfonamides is 1. The normalized spacial score (nSPS) is 13.2. The van der Waals surface area contributed by atoms with Gasteiger partial charge in [0.15, 0.2) is 11.5 Å². The number of nitrogens with zero attached hydrogens (tertiary/aromatic N) is 1. The van der Waals surface area contributed by atoms with Crippen molar-refractivity contribution < 1.29 is 27.4 Å². The highest BCUT2D eigenvalue weighted by Crippen LogP contribution is 2.40. The molecule has 0 unspecified atom stereocenters. The number of para-hydroxylation sites is 1. The lowest BCUT2D eigenvalue weighted by atomic mass is 10.1. The summed E-state index contributed by atoms with van der Waals surface area (Å²) in [4.78, 5) is 28.8. The van der Waals surface area contributed by atoms with Crippen LogP contribution in [0.1, 0.15) is 23.2 Å². The summed E-state index contributed by atoms with van der Waals surface area (Å²) in [5, 5.41) is 22.6. The number of nitro groups is 1. The minimum absolute atomic E-state index is 0.195. The number of nitro benzene ring substituents is 1. The first-order valence-electron chi connectivity index (χ1n) is 11.0. The Morgan fingerprint density at radius 2 is 1.84 bits per heavy atom. The molecule has 1 aliphatic carbocycles. The molecule has 0 atom stereocenters. The monoisotopic (exact) mass is 675 g/mol. The second-order valence-corrected chi connectivity index (χ2v) is 11.5. The van der Waals surface area contributed by atoms with Gasteiger partial charge in [0.25, 0.3) is 11.6 Å². The summed E-state index contributed by atoms with van der Waals surface area (Å²) in [5.74, 6) is -1.88. The smallest absolute Gasteiger partial charge is 0.296 e. The number of carbonyl (C=O) groups excluding carboxylic acids is 1. The van der Waals surface area contributed by atoms with Gasteiger partial charge in [-0.3, -0.25) is 19.7 Å². The average Bonchev–Trinajstić information content (AvgIpc) is 3.67. The first-order chi connectivity index (χ1) is 18.0. The van der Waals surface area contributed by atoms with Crippen LogP contribution in [0.5, 0.6) is 0 Å². The number of halogens is 3. The molecule has 5 N–H and O–H groups in total. The molecule has 0 saturated heterocycles. The van der Waals surface area contributed by atoms with Crippen LogP contribution in [-0.4, -0.2) is 25.9 Å². The number of nitrogens with two attached hydrogens (primary N) is 1. The van der Waals surface area contributed by atoms with Crippen LogP contribution in [0.25, 0.3) is 0 Å². The van der Waals surface area contributed by atoms with E-state index in [1.165, 1.54) is 18.2 Å². The largest absolute Gasteiger partial charge is 0.351 e. The number of rotatable bonds is 10. The maximum atomic E-state index is 16.1. The van der Waals surface area contributed by atoms with Crippen LogP contribution < -0.4 is 21.3 Å². The minimum Gasteiger partial charge on any atom is -0.351 e. The van der Waals surface area contributed by atoms with E-state index in [4.69, 9.17) is 21.6 Å². The van der Waals surface area contributed by atoms with Crippen molar-refractivity contribution in [3.05, 3.63) is 78.6 Å². The predicted octanol–water partition coefficient (Wildman–Crippen LogP) is 5.20. The molecule has 1 saturated carbocycles. The fourth-order valence-electron chi connectivity index (χ4n) is 3.44. The maximum absolute atomic E-state index is 16.1. The van der Waals surface area contributed by atoms with Gasteiger partial charge in [0, 0.05) is 9.64 Å². The van der Waals surface area contributed by atoms with E-state index in [1.807, 2.05) is 22.6 Å². The Morgan fingerprint density at radius 1 is 1.16 bits per heavy atom. The number of hydrogen-bond acceptors (Lipinski definition) is 8. The third-order valence-electron chi connectivity index (χ3n) is 5.51. The Labute approximate surface area is 235 Å². The van der Waals surface area contributed by atoms with Gasteiger partial charge < -0.3 is 10.6 Å². The van der Waals surface area contributed by atoms with Gasteiger partial charge in [-0.05, 0) is 71.7 Å². The molecule has 1 amide bonds. The molecule has 0 bridgehead atoms. The summed E-state index contributed by atoms with van der Waals surface area (Å²) >= 11 is 8.32. The van der Waals surface area contributed by atoms with E-state index in [0.717, 1.165) is 28.5 Å². The number of amides is 1. The molecule has 0 aromatic heterocycles. The highest BCUT2D eigenvalue weighted by atomic mass is 127. The molecule has 4 rings (SSSR count). The molecule has 0 spiro atoms. The highest BCUT2D eigenvalue weighted by Gasteiger charge is 2.30. The van der Waals surface area contributed by atoms with Crippen molar-refractivity contribution in [1.82, 2.24) is 5.48 Å². The SMILES string of the molecule is NS(=O)(=O)c1ccccc1Nc1c([N+](=O)[O-])cc(C(=O)NOCC2CC2)c(Nc2ccc(I)cc2Cl)c1F. The zero-order valence-corrected chi connectivity index (χ0v) is 23.1. The summed E-state index contributed by atoms with van der Waals surface area (Å²) in [6.45, 7) is 0.242. The molecular weight excluding hydrogens is 656 g/mol. The summed E-state index contributed by atoms with van der Waals surface area (Å²) in [5.41, 5.74) is -0.238. The average molecular weight is 676 g/mol. The molecule has 15 heteroatoms. The Kier molecular flexibility index (Phi) is 8.37. The molecule has 200 valence electrons. The summed E-state index contributed by atoms with van der Waals surface area (Å²) < 4.78 is 41.0. The Bertz CT molecular complexity index is 1540. The van der Waals surface area contributed by atoms with E-state index < -0.39 is 54.2 Å². The van der Waals surface area contributed by atoms with Crippen molar-refractivity contribution in [2.45, 2.75) is 17.7 Å². The fourth-order valence-corrected chi connectivity index (χ4v) is 5.04. The first kappa shape index (κ1) is 28.0. The third-order valence-corrected chi connectivity index (χ3v) is 7.46. The van der Waals surface area contributed by atoms with Gasteiger partial charge in [0.1, 0.15) is 4.90 Å². The number of hydrogen-bond donors (Lipinski definition) is 4. The lowest BCUT2D eigenvalue weighted by Gasteiger charge is -2.18. The summed E-state index contributed by atoms with van der Waals surface area (Å²) in [6, 6.07) is 10.9. The molecule has 38 heavy (non-hydrogen) atoms. The lowest BCUT2D eigenvalue weighted by molar-refractivity contribution is -0.384. The van der Waals surface area contributed by atoms with Crippen molar-refractivity contribution in [1.29, 1.82) is 0 Å². The molecule has 0 radical (unpaired) electrons. The predicted molar refractivity (Wildman–Crippen MR) is 148 cm³/mol. The molecule has 0 heterocycles. The van der Waals surface area contributed by atoms with Crippen molar-refractivity contribution >= 4 is 78.6 Å². The van der Waals surface area contributed by atoms with Gasteiger partial charge in [0.2, 0.25) is 10.0 Å². The molecule has 0 aliphatic heterocycles. The summed E-state index contributed by atoms with van der Waals surface area (Å²) in [7, 11) is -4.27. The van der Waals surface area contributed by atoms with Gasteiger partial charge in [-0.1, -0.05) is 23.7 Å². The van der Waals surface area contributed by atoms with Crippen LogP contribution in [-0.2, 0) is 14.9 Å². The topological polar surface area (TPSA) is 166 Å². The lowest BCUT2D eigenvalue weighted by Crippen LogP contribution is -2.26. The Balaban J connectivity index is 1.84. The van der Waals surface area contributed by atoms with Crippen LogP contribution in [0.4, 0.5) is 32.8 Å². The first-order valence-corrected chi connectivity index (χ1v) is 14.0. The Hall–Kier alpha value is -3.05. The van der Waals surface area contributed by atoms with E-state index in [-0.39, 0.29) is 23.0 Å². The van der Waals surface area contributed by atoms with E-state index >= 15 is 4.39 Å². The zero-order chi connectivity index (χ0) is 27.6. The molecule has 11 nitrogen and oxygen atoms in total. The number of nitrogens with one attached hydrogen (secondary N) is 3. The van der Waals surface area contributed by atoms with E-state index in [0.29, 0.717) is 5.92 Å². The van der Waals surface area contributed by atoms with Crippen molar-refractivity contribution in [3.63, 3.8) is 0 Å². The molecule has 1 fully saturated rings. The van der Waals surface area contributed by atoms with Crippen LogP contribution in [0.3, 0.4) is 0 Å². The number of hydroxylamine groups is 1. The van der Waals surface area contributed by atoms with Crippen LogP contribution in [0.15, 0.2) is 53.4 Å². The Morgan fingerprint density at radius 3 is 2.47 bits per heavy atom. The molecule has 3 aromatic rings. The van der Waals surface area contributed by atoms with Crippen molar-refractivity contribution in [2.24, 2.45) is 11.1 Å². The summed E-state index contributed by atoms with van der Waals surface area (Å²) in [6.07, 6.45) is 1.91. The van der Waals surface area contributed by atoms with Gasteiger partial charge in [-0.15, -0.1) is 0 Å². The van der Waals surface area contributed by atoms with E-state index in [2.05, 4.69) is 16.1 Å². The van der Waals surface area contributed by atoms with E-state index in [9.17, 15) is 23.3 Å². The number of carbonyl (C=O) groups is 1. The van der Waals surface area contributed by atoms with Gasteiger partial charge in [0.05, 0.1) is 39.2 Å². The standard InChI is InChI=1S/C23H20ClFIN5O6S/c24-15-9-13(26)7-8-16(15)28-21-14(23(32)30-37-11-12-5-6-12)10-18(31(33)34)22(20(21)25)29-17-3-1-2-4-19(17)38(27,35)36/h1-4,7-10,12,28-29H,5-6,11H2,(H,30,32)(H2,27,35,36). The van der Waals surface area contributed by atoms with E-state index in [1.54, 1.807) is 18.2 Å². The quantitative estimate of drug-likeness (QED) is 0.129.